The molecule has 1 heterocycles. The Hall–Kier alpha value is -0.240. The van der Waals surface area contributed by atoms with E-state index in [1.165, 1.54) is 0 Å². The average molecular weight is 264 g/mol. The predicted octanol–water partition coefficient (Wildman–Crippen LogP) is -0.457. The van der Waals surface area contributed by atoms with Gasteiger partial charge in [-0.2, -0.15) is 0 Å². The fourth-order valence-corrected chi connectivity index (χ4v) is 2.45. The van der Waals surface area contributed by atoms with Gasteiger partial charge in [-0.25, -0.2) is 0 Å². The van der Waals surface area contributed by atoms with Crippen molar-refractivity contribution in [1.82, 2.24) is 0 Å². The molecular formula is C12H26NO5+. The van der Waals surface area contributed by atoms with Gasteiger partial charge < -0.3 is 24.4 Å². The topological polar surface area (TPSA) is 68.2 Å². The molecule has 2 N–H and O–H groups in total. The zero-order valence-electron chi connectivity index (χ0n) is 11.4. The number of hydrogen-bond donors (Lipinski definition) is 2. The van der Waals surface area contributed by atoms with Gasteiger partial charge in [0.15, 0.2) is 12.5 Å². The van der Waals surface area contributed by atoms with Gasteiger partial charge in [0.25, 0.3) is 0 Å². The Kier molecular flexibility index (Phi) is 7.06. The van der Waals surface area contributed by atoms with Crippen LogP contribution in [0.4, 0.5) is 0 Å². The Morgan fingerprint density at radius 1 is 1.00 bits per heavy atom. The van der Waals surface area contributed by atoms with E-state index in [9.17, 15) is 0 Å². The molecule has 2 atom stereocenters. The van der Waals surface area contributed by atoms with Crippen molar-refractivity contribution in [2.45, 2.75) is 26.3 Å². The highest BCUT2D eigenvalue weighted by atomic mass is 16.6. The van der Waals surface area contributed by atoms with Crippen LogP contribution in [-0.4, -0.2) is 79.9 Å². The van der Waals surface area contributed by atoms with Crippen molar-refractivity contribution in [1.29, 1.82) is 0 Å². The summed E-state index contributed by atoms with van der Waals surface area (Å²) in [5.41, 5.74) is 0. The van der Waals surface area contributed by atoms with Crippen LogP contribution in [0.1, 0.15) is 13.8 Å². The van der Waals surface area contributed by atoms with Gasteiger partial charge in [0.2, 0.25) is 0 Å². The quantitative estimate of drug-likeness (QED) is 0.581. The van der Waals surface area contributed by atoms with E-state index in [0.29, 0.717) is 30.9 Å². The van der Waals surface area contributed by atoms with Crippen molar-refractivity contribution >= 4 is 0 Å². The Labute approximate surface area is 109 Å². The maximum atomic E-state index is 8.86. The third kappa shape index (κ3) is 3.88. The van der Waals surface area contributed by atoms with Crippen LogP contribution in [0.15, 0.2) is 0 Å². The standard InChI is InChI=1S/C12H26NO5/c1-11(17-9-5-14)13(3-7-16-8-4-13)12(2)18-10-6-15/h11-12,14-15H,3-10H2,1-2H3/q+1. The molecule has 0 aliphatic carbocycles. The first-order valence-corrected chi connectivity index (χ1v) is 6.56. The molecule has 1 rings (SSSR count). The van der Waals surface area contributed by atoms with Crippen molar-refractivity contribution in [2.75, 3.05) is 52.7 Å². The Morgan fingerprint density at radius 2 is 1.44 bits per heavy atom. The fraction of sp³-hybridized carbons (Fsp3) is 1.00. The number of aliphatic hydroxyl groups is 2. The average Bonchev–Trinajstić information content (AvgIpc) is 2.42. The lowest BCUT2D eigenvalue weighted by molar-refractivity contribution is -1.01. The number of ether oxygens (including phenoxy) is 3. The molecule has 18 heavy (non-hydrogen) atoms. The third-order valence-electron chi connectivity index (χ3n) is 3.65. The molecule has 0 spiro atoms. The second kappa shape index (κ2) is 8.04. The molecule has 0 amide bonds. The summed E-state index contributed by atoms with van der Waals surface area (Å²) in [6.45, 7) is 7.69. The normalized spacial score (nSPS) is 22.7. The first kappa shape index (κ1) is 15.8. The zero-order chi connectivity index (χ0) is 13.4. The van der Waals surface area contributed by atoms with Crippen LogP contribution in [0, 0.1) is 0 Å². The highest BCUT2D eigenvalue weighted by Gasteiger charge is 2.42. The van der Waals surface area contributed by atoms with E-state index in [0.717, 1.165) is 13.1 Å². The lowest BCUT2D eigenvalue weighted by Gasteiger charge is -2.48. The largest absolute Gasteiger partial charge is 0.394 e. The summed E-state index contributed by atoms with van der Waals surface area (Å²) in [5, 5.41) is 17.7. The summed E-state index contributed by atoms with van der Waals surface area (Å²) < 4.78 is 17.4. The number of rotatable bonds is 8. The Bertz CT molecular complexity index is 205. The second-order valence-corrected chi connectivity index (χ2v) is 4.55. The van der Waals surface area contributed by atoms with Gasteiger partial charge in [-0.1, -0.05) is 0 Å². The van der Waals surface area contributed by atoms with Crippen LogP contribution in [0.5, 0.6) is 0 Å². The molecule has 0 radical (unpaired) electrons. The first-order valence-electron chi connectivity index (χ1n) is 6.56. The van der Waals surface area contributed by atoms with Crippen LogP contribution >= 0.6 is 0 Å². The summed E-state index contributed by atoms with van der Waals surface area (Å²) in [5.74, 6) is 0. The highest BCUT2D eigenvalue weighted by molar-refractivity contribution is 4.55. The van der Waals surface area contributed by atoms with Crippen molar-refractivity contribution < 1.29 is 28.9 Å². The summed E-state index contributed by atoms with van der Waals surface area (Å²) in [7, 11) is 0. The van der Waals surface area contributed by atoms with Crippen LogP contribution < -0.4 is 0 Å². The molecule has 0 aromatic heterocycles. The summed E-state index contributed by atoms with van der Waals surface area (Å²) >= 11 is 0. The highest BCUT2D eigenvalue weighted by Crippen LogP contribution is 2.23. The third-order valence-corrected chi connectivity index (χ3v) is 3.65. The van der Waals surface area contributed by atoms with Gasteiger partial charge in [-0.3, -0.25) is 4.48 Å². The minimum atomic E-state index is -0.0604. The van der Waals surface area contributed by atoms with Crippen molar-refractivity contribution in [3.63, 3.8) is 0 Å². The predicted molar refractivity (Wildman–Crippen MR) is 65.8 cm³/mol. The molecule has 1 aliphatic rings. The SMILES string of the molecule is CC(OCCO)[N+]1(C(C)OCCO)CCOCC1. The first-order chi connectivity index (χ1) is 8.67. The van der Waals surface area contributed by atoms with Gasteiger partial charge in [0, 0.05) is 13.8 Å². The summed E-state index contributed by atoms with van der Waals surface area (Å²) in [6.07, 6.45) is -0.121. The molecule has 6 heteroatoms. The van der Waals surface area contributed by atoms with Crippen LogP contribution in [-0.2, 0) is 14.2 Å². The van der Waals surface area contributed by atoms with E-state index in [2.05, 4.69) is 0 Å². The van der Waals surface area contributed by atoms with E-state index >= 15 is 0 Å². The van der Waals surface area contributed by atoms with Crippen LogP contribution in [0.2, 0.25) is 0 Å². The minimum absolute atomic E-state index is 0.0206. The second-order valence-electron chi connectivity index (χ2n) is 4.55. The molecule has 2 unspecified atom stereocenters. The molecule has 0 saturated carbocycles. The Morgan fingerprint density at radius 3 is 1.83 bits per heavy atom. The van der Waals surface area contributed by atoms with Crippen molar-refractivity contribution in [3.8, 4) is 0 Å². The van der Waals surface area contributed by atoms with Gasteiger partial charge in [0.05, 0.1) is 39.6 Å². The smallest absolute Gasteiger partial charge is 0.192 e. The minimum Gasteiger partial charge on any atom is -0.394 e. The van der Waals surface area contributed by atoms with Crippen molar-refractivity contribution in [2.24, 2.45) is 0 Å². The van der Waals surface area contributed by atoms with Crippen molar-refractivity contribution in [3.05, 3.63) is 0 Å². The molecule has 1 aliphatic heterocycles. The molecule has 0 aromatic rings. The van der Waals surface area contributed by atoms with Crippen LogP contribution in [0.25, 0.3) is 0 Å². The lowest BCUT2D eigenvalue weighted by Crippen LogP contribution is -2.65. The van der Waals surface area contributed by atoms with E-state index < -0.39 is 0 Å². The summed E-state index contributed by atoms with van der Waals surface area (Å²) in [6, 6.07) is 0. The number of aliphatic hydroxyl groups excluding tert-OH is 2. The number of nitrogens with zero attached hydrogens (tertiary/aromatic N) is 1. The molecule has 1 saturated heterocycles. The maximum Gasteiger partial charge on any atom is 0.192 e. The van der Waals surface area contributed by atoms with E-state index in [4.69, 9.17) is 24.4 Å². The number of hydrogen-bond acceptors (Lipinski definition) is 5. The molecule has 108 valence electrons. The van der Waals surface area contributed by atoms with E-state index in [1.54, 1.807) is 0 Å². The molecular weight excluding hydrogens is 238 g/mol. The van der Waals surface area contributed by atoms with E-state index in [1.807, 2.05) is 13.8 Å². The lowest BCUT2D eigenvalue weighted by atomic mass is 10.2. The van der Waals surface area contributed by atoms with Gasteiger partial charge in [0.1, 0.15) is 13.1 Å². The van der Waals surface area contributed by atoms with Crippen LogP contribution in [0.3, 0.4) is 0 Å². The number of quaternary nitrogens is 1. The summed E-state index contributed by atoms with van der Waals surface area (Å²) in [4.78, 5) is 0. The monoisotopic (exact) mass is 264 g/mol. The van der Waals surface area contributed by atoms with Gasteiger partial charge >= 0.3 is 0 Å². The molecule has 1 fully saturated rings. The fourth-order valence-electron chi connectivity index (χ4n) is 2.45. The molecule has 0 bridgehead atoms. The van der Waals surface area contributed by atoms with Gasteiger partial charge in [-0.05, 0) is 0 Å². The van der Waals surface area contributed by atoms with E-state index in [-0.39, 0.29) is 25.7 Å². The molecule has 6 nitrogen and oxygen atoms in total. The zero-order valence-corrected chi connectivity index (χ0v) is 11.4. The Balaban J connectivity index is 2.66. The number of morpholine rings is 1. The molecule has 0 aromatic carbocycles. The van der Waals surface area contributed by atoms with Gasteiger partial charge in [-0.15, -0.1) is 0 Å². The maximum absolute atomic E-state index is 8.86.